The maximum atomic E-state index is 12.7. The van der Waals surface area contributed by atoms with Gasteiger partial charge in [-0.2, -0.15) is 0 Å². The Morgan fingerprint density at radius 1 is 1.20 bits per heavy atom. The van der Waals surface area contributed by atoms with Crippen molar-refractivity contribution in [3.8, 4) is 0 Å². The van der Waals surface area contributed by atoms with Crippen molar-refractivity contribution >= 4 is 35.1 Å². The molecule has 0 bridgehead atoms. The highest BCUT2D eigenvalue weighted by molar-refractivity contribution is 6.33. The average Bonchev–Trinajstić information content (AvgIpc) is 3.08. The van der Waals surface area contributed by atoms with E-state index in [4.69, 9.17) is 21.1 Å². The van der Waals surface area contributed by atoms with Crippen molar-refractivity contribution in [1.82, 2.24) is 5.32 Å². The molecule has 7 nitrogen and oxygen atoms in total. The van der Waals surface area contributed by atoms with E-state index in [1.54, 1.807) is 29.2 Å². The summed E-state index contributed by atoms with van der Waals surface area (Å²) < 4.78 is 4.96. The zero-order chi connectivity index (χ0) is 18.0. The van der Waals surface area contributed by atoms with Crippen LogP contribution in [-0.4, -0.2) is 35.5 Å². The van der Waals surface area contributed by atoms with E-state index in [1.165, 1.54) is 12.1 Å². The number of aromatic carboxylic acids is 1. The van der Waals surface area contributed by atoms with E-state index >= 15 is 0 Å². The van der Waals surface area contributed by atoms with Crippen molar-refractivity contribution < 1.29 is 23.9 Å². The number of carboxylic acids is 1. The number of hydrogen-bond acceptors (Lipinski definition) is 4. The molecule has 130 valence electrons. The molecule has 2 N–H and O–H groups in total. The minimum absolute atomic E-state index is 0.153. The van der Waals surface area contributed by atoms with Crippen LogP contribution < -0.4 is 10.2 Å². The second kappa shape index (κ2) is 6.98. The molecule has 1 aromatic heterocycles. The Kier molecular flexibility index (Phi) is 4.76. The maximum Gasteiger partial charge on any atom is 0.371 e. The van der Waals surface area contributed by atoms with Crippen LogP contribution in [0.1, 0.15) is 34.0 Å². The number of carbonyl (C=O) groups is 3. The number of piperidine rings is 1. The first-order chi connectivity index (χ1) is 12.0. The third kappa shape index (κ3) is 3.51. The molecule has 25 heavy (non-hydrogen) atoms. The van der Waals surface area contributed by atoms with Crippen molar-refractivity contribution in [2.24, 2.45) is 0 Å². The minimum atomic E-state index is -1.27. The van der Waals surface area contributed by atoms with Gasteiger partial charge in [0.2, 0.25) is 11.7 Å². The Labute approximate surface area is 148 Å². The average molecular weight is 363 g/mol. The lowest BCUT2D eigenvalue weighted by Gasteiger charge is -2.33. The van der Waals surface area contributed by atoms with Crippen LogP contribution in [0.25, 0.3) is 0 Å². The van der Waals surface area contributed by atoms with Gasteiger partial charge in [-0.05, 0) is 37.1 Å². The van der Waals surface area contributed by atoms with Crippen LogP contribution in [0.15, 0.2) is 40.8 Å². The van der Waals surface area contributed by atoms with Gasteiger partial charge in [-0.1, -0.05) is 23.7 Å². The number of carboxylic acid groups (broad SMARTS) is 1. The maximum absolute atomic E-state index is 12.7. The monoisotopic (exact) mass is 362 g/mol. The van der Waals surface area contributed by atoms with Gasteiger partial charge in [0, 0.05) is 6.54 Å². The van der Waals surface area contributed by atoms with Crippen molar-refractivity contribution in [1.29, 1.82) is 0 Å². The molecule has 1 saturated heterocycles. The predicted molar refractivity (Wildman–Crippen MR) is 90.0 cm³/mol. The molecule has 1 aliphatic heterocycles. The van der Waals surface area contributed by atoms with Gasteiger partial charge in [-0.3, -0.25) is 9.59 Å². The second-order valence-electron chi connectivity index (χ2n) is 5.58. The van der Waals surface area contributed by atoms with E-state index in [0.29, 0.717) is 30.1 Å². The van der Waals surface area contributed by atoms with Gasteiger partial charge in [0.15, 0.2) is 5.76 Å². The van der Waals surface area contributed by atoms with Gasteiger partial charge in [-0.25, -0.2) is 4.79 Å². The van der Waals surface area contributed by atoms with Gasteiger partial charge in [0.1, 0.15) is 6.04 Å². The largest absolute Gasteiger partial charge is 0.475 e. The number of anilines is 1. The molecule has 1 fully saturated rings. The molecular weight excluding hydrogens is 348 g/mol. The minimum Gasteiger partial charge on any atom is -0.475 e. The number of nitrogens with one attached hydrogen (secondary N) is 1. The third-order valence-corrected chi connectivity index (χ3v) is 4.25. The van der Waals surface area contributed by atoms with Gasteiger partial charge in [-0.15, -0.1) is 0 Å². The van der Waals surface area contributed by atoms with Crippen molar-refractivity contribution in [3.63, 3.8) is 0 Å². The van der Waals surface area contributed by atoms with Crippen LogP contribution in [0, 0.1) is 0 Å². The van der Waals surface area contributed by atoms with Crippen molar-refractivity contribution in [2.45, 2.75) is 18.9 Å². The highest BCUT2D eigenvalue weighted by Crippen LogP contribution is 2.28. The topological polar surface area (TPSA) is 99.8 Å². The Bertz CT molecular complexity index is 832. The summed E-state index contributed by atoms with van der Waals surface area (Å²) in [7, 11) is 0. The molecule has 0 saturated carbocycles. The Morgan fingerprint density at radius 2 is 1.92 bits per heavy atom. The Morgan fingerprint density at radius 3 is 2.60 bits per heavy atom. The highest BCUT2D eigenvalue weighted by atomic mass is 35.5. The second-order valence-corrected chi connectivity index (χ2v) is 5.99. The van der Waals surface area contributed by atoms with Crippen LogP contribution in [-0.2, 0) is 4.79 Å². The fourth-order valence-corrected chi connectivity index (χ4v) is 2.96. The quantitative estimate of drug-likeness (QED) is 0.870. The molecular formula is C17H15ClN2O5. The van der Waals surface area contributed by atoms with E-state index < -0.39 is 17.9 Å². The summed E-state index contributed by atoms with van der Waals surface area (Å²) in [6.07, 6.45) is 1.18. The molecule has 0 spiro atoms. The SMILES string of the molecule is O=C(O)c1ccc(C(=O)NC2CCCN(c3ccccc3Cl)C2=O)o1. The lowest BCUT2D eigenvalue weighted by Crippen LogP contribution is -2.52. The zero-order valence-corrected chi connectivity index (χ0v) is 13.8. The van der Waals surface area contributed by atoms with Crippen LogP contribution in [0.4, 0.5) is 5.69 Å². The molecule has 2 heterocycles. The molecule has 1 atom stereocenters. The third-order valence-electron chi connectivity index (χ3n) is 3.93. The van der Waals surface area contributed by atoms with Crippen LogP contribution >= 0.6 is 11.6 Å². The molecule has 1 aliphatic rings. The molecule has 2 aromatic rings. The van der Waals surface area contributed by atoms with Gasteiger partial charge in [0.25, 0.3) is 5.91 Å². The number of benzene rings is 1. The van der Waals surface area contributed by atoms with Crippen LogP contribution in [0.3, 0.4) is 0 Å². The fraction of sp³-hybridized carbons (Fsp3) is 0.235. The van der Waals surface area contributed by atoms with E-state index in [1.807, 2.05) is 0 Å². The predicted octanol–water partition coefficient (Wildman–Crippen LogP) is 2.56. The molecule has 8 heteroatoms. The lowest BCUT2D eigenvalue weighted by molar-refractivity contribution is -0.121. The molecule has 0 radical (unpaired) electrons. The Hall–Kier alpha value is -2.80. The first-order valence-corrected chi connectivity index (χ1v) is 8.05. The number of nitrogens with zero attached hydrogens (tertiary/aromatic N) is 1. The number of furan rings is 1. The molecule has 0 aliphatic carbocycles. The number of para-hydroxylation sites is 1. The first-order valence-electron chi connectivity index (χ1n) is 7.67. The summed E-state index contributed by atoms with van der Waals surface area (Å²) in [5.74, 6) is -2.65. The molecule has 1 aromatic carbocycles. The number of hydrogen-bond donors (Lipinski definition) is 2. The van der Waals surface area contributed by atoms with E-state index in [9.17, 15) is 14.4 Å². The molecule has 2 amide bonds. The van der Waals surface area contributed by atoms with Gasteiger partial charge >= 0.3 is 5.97 Å². The number of amides is 2. The van der Waals surface area contributed by atoms with Gasteiger partial charge < -0.3 is 19.7 Å². The number of carbonyl (C=O) groups excluding carboxylic acids is 2. The number of halogens is 1. The summed E-state index contributed by atoms with van der Waals surface area (Å²) in [6, 6.07) is 8.73. The summed E-state index contributed by atoms with van der Waals surface area (Å²) in [6.45, 7) is 0.513. The van der Waals surface area contributed by atoms with Crippen LogP contribution in [0.5, 0.6) is 0 Å². The van der Waals surface area contributed by atoms with Crippen molar-refractivity contribution in [3.05, 3.63) is 52.9 Å². The van der Waals surface area contributed by atoms with Crippen LogP contribution in [0.2, 0.25) is 5.02 Å². The number of rotatable bonds is 4. The normalized spacial score (nSPS) is 17.4. The van der Waals surface area contributed by atoms with E-state index in [-0.39, 0.29) is 17.4 Å². The summed E-state index contributed by atoms with van der Waals surface area (Å²) >= 11 is 6.15. The van der Waals surface area contributed by atoms with E-state index in [2.05, 4.69) is 5.32 Å². The van der Waals surface area contributed by atoms with Crippen molar-refractivity contribution in [2.75, 3.05) is 11.4 Å². The van der Waals surface area contributed by atoms with Gasteiger partial charge in [0.05, 0.1) is 10.7 Å². The molecule has 3 rings (SSSR count). The first kappa shape index (κ1) is 17.0. The fourth-order valence-electron chi connectivity index (χ4n) is 2.72. The lowest BCUT2D eigenvalue weighted by atomic mass is 10.0. The highest BCUT2D eigenvalue weighted by Gasteiger charge is 2.32. The Balaban J connectivity index is 1.74. The summed E-state index contributed by atoms with van der Waals surface area (Å²) in [5.41, 5.74) is 0.597. The standard InChI is InChI=1S/C17H15ClN2O5/c18-10-4-1-2-6-12(10)20-9-3-5-11(16(20)22)19-15(21)13-7-8-14(25-13)17(23)24/h1-2,4,6-8,11H,3,5,9H2,(H,19,21)(H,23,24). The smallest absolute Gasteiger partial charge is 0.371 e. The summed E-state index contributed by atoms with van der Waals surface area (Å²) in [4.78, 5) is 37.3. The molecule has 1 unspecified atom stereocenters. The summed E-state index contributed by atoms with van der Waals surface area (Å²) in [5, 5.41) is 11.9. The zero-order valence-electron chi connectivity index (χ0n) is 13.1. The van der Waals surface area contributed by atoms with E-state index in [0.717, 1.165) is 0 Å².